The maximum atomic E-state index is 13.2. The zero-order valence-electron chi connectivity index (χ0n) is 12.1. The van der Waals surface area contributed by atoms with E-state index in [4.69, 9.17) is 0 Å². The SMILES string of the molecule is CCC1(C(=O)O)CCN(C(C)Cc2cccc(F)c2)C1. The second kappa shape index (κ2) is 5.92. The van der Waals surface area contributed by atoms with Gasteiger partial charge in [-0.3, -0.25) is 9.69 Å². The summed E-state index contributed by atoms with van der Waals surface area (Å²) in [6.45, 7) is 5.42. The van der Waals surface area contributed by atoms with Crippen LogP contribution in [0.3, 0.4) is 0 Å². The first kappa shape index (κ1) is 15.0. The highest BCUT2D eigenvalue weighted by atomic mass is 19.1. The fourth-order valence-electron chi connectivity index (χ4n) is 3.03. The van der Waals surface area contributed by atoms with Gasteiger partial charge in [0, 0.05) is 12.6 Å². The van der Waals surface area contributed by atoms with Crippen LogP contribution in [0.2, 0.25) is 0 Å². The lowest BCUT2D eigenvalue weighted by atomic mass is 9.84. The van der Waals surface area contributed by atoms with Crippen LogP contribution in [-0.2, 0) is 11.2 Å². The molecule has 0 amide bonds. The fraction of sp³-hybridized carbons (Fsp3) is 0.562. The van der Waals surface area contributed by atoms with E-state index in [9.17, 15) is 14.3 Å². The monoisotopic (exact) mass is 279 g/mol. The smallest absolute Gasteiger partial charge is 0.310 e. The van der Waals surface area contributed by atoms with Gasteiger partial charge in [-0.2, -0.15) is 0 Å². The van der Waals surface area contributed by atoms with Crippen LogP contribution in [0.25, 0.3) is 0 Å². The minimum atomic E-state index is -0.694. The topological polar surface area (TPSA) is 40.5 Å². The third-order valence-corrected chi connectivity index (χ3v) is 4.56. The van der Waals surface area contributed by atoms with Crippen LogP contribution in [0.4, 0.5) is 4.39 Å². The molecule has 110 valence electrons. The summed E-state index contributed by atoms with van der Waals surface area (Å²) in [6.07, 6.45) is 2.11. The molecule has 0 spiro atoms. The van der Waals surface area contributed by atoms with Crippen LogP contribution in [-0.4, -0.2) is 35.1 Å². The van der Waals surface area contributed by atoms with Crippen molar-refractivity contribution in [1.82, 2.24) is 4.90 Å². The van der Waals surface area contributed by atoms with Crippen LogP contribution in [0.5, 0.6) is 0 Å². The van der Waals surface area contributed by atoms with Crippen LogP contribution in [0, 0.1) is 11.2 Å². The molecule has 1 aliphatic rings. The van der Waals surface area contributed by atoms with Gasteiger partial charge in [-0.15, -0.1) is 0 Å². The largest absolute Gasteiger partial charge is 0.481 e. The highest BCUT2D eigenvalue weighted by Gasteiger charge is 2.44. The molecule has 3 nitrogen and oxygen atoms in total. The van der Waals surface area contributed by atoms with Crippen LogP contribution >= 0.6 is 0 Å². The minimum Gasteiger partial charge on any atom is -0.481 e. The maximum absolute atomic E-state index is 13.2. The van der Waals surface area contributed by atoms with Crippen LogP contribution < -0.4 is 0 Å². The highest BCUT2D eigenvalue weighted by Crippen LogP contribution is 2.35. The Bertz CT molecular complexity index is 491. The Morgan fingerprint density at radius 1 is 1.55 bits per heavy atom. The standard InChI is InChI=1S/C16H22FNO2/c1-3-16(15(19)20)7-8-18(11-16)12(2)9-13-5-4-6-14(17)10-13/h4-6,10,12H,3,7-9,11H2,1-2H3,(H,19,20). The Kier molecular flexibility index (Phi) is 4.43. The molecule has 1 N–H and O–H groups in total. The molecule has 0 bridgehead atoms. The minimum absolute atomic E-state index is 0.218. The number of rotatable bonds is 5. The molecule has 2 rings (SSSR count). The Balaban J connectivity index is 2.01. The highest BCUT2D eigenvalue weighted by molar-refractivity contribution is 5.75. The van der Waals surface area contributed by atoms with E-state index in [2.05, 4.69) is 11.8 Å². The number of hydrogen-bond donors (Lipinski definition) is 1. The normalized spacial score (nSPS) is 24.8. The molecule has 1 heterocycles. The van der Waals surface area contributed by atoms with Crippen molar-refractivity contribution < 1.29 is 14.3 Å². The van der Waals surface area contributed by atoms with E-state index in [-0.39, 0.29) is 11.9 Å². The first-order valence-electron chi connectivity index (χ1n) is 7.19. The summed E-state index contributed by atoms with van der Waals surface area (Å²) < 4.78 is 13.2. The van der Waals surface area contributed by atoms with Gasteiger partial charge < -0.3 is 5.11 Å². The Morgan fingerprint density at radius 3 is 2.85 bits per heavy atom. The van der Waals surface area contributed by atoms with E-state index in [1.165, 1.54) is 6.07 Å². The summed E-state index contributed by atoms with van der Waals surface area (Å²) in [5.74, 6) is -0.912. The van der Waals surface area contributed by atoms with Crippen molar-refractivity contribution in [2.24, 2.45) is 5.41 Å². The van der Waals surface area contributed by atoms with Gasteiger partial charge in [0.1, 0.15) is 5.82 Å². The first-order valence-corrected chi connectivity index (χ1v) is 7.19. The average Bonchev–Trinajstić information content (AvgIpc) is 2.84. The van der Waals surface area contributed by atoms with Gasteiger partial charge in [-0.1, -0.05) is 19.1 Å². The molecule has 2 unspecified atom stereocenters. The molecule has 2 atom stereocenters. The zero-order valence-corrected chi connectivity index (χ0v) is 12.1. The Labute approximate surface area is 119 Å². The Morgan fingerprint density at radius 2 is 2.30 bits per heavy atom. The molecule has 1 fully saturated rings. The summed E-state index contributed by atoms with van der Waals surface area (Å²) in [5.41, 5.74) is 0.359. The molecular weight excluding hydrogens is 257 g/mol. The molecule has 1 aromatic carbocycles. The van der Waals surface area contributed by atoms with Crippen molar-refractivity contribution in [3.8, 4) is 0 Å². The van der Waals surface area contributed by atoms with Crippen molar-refractivity contribution >= 4 is 5.97 Å². The molecule has 1 saturated heterocycles. The van der Waals surface area contributed by atoms with Crippen molar-refractivity contribution in [3.63, 3.8) is 0 Å². The summed E-state index contributed by atoms with van der Waals surface area (Å²) in [6, 6.07) is 6.85. The number of carboxylic acids is 1. The second-order valence-corrected chi connectivity index (χ2v) is 5.84. The van der Waals surface area contributed by atoms with Gasteiger partial charge >= 0.3 is 5.97 Å². The third kappa shape index (κ3) is 3.01. The maximum Gasteiger partial charge on any atom is 0.310 e. The number of nitrogens with zero attached hydrogens (tertiary/aromatic N) is 1. The van der Waals surface area contributed by atoms with E-state index < -0.39 is 11.4 Å². The summed E-state index contributed by atoms with van der Waals surface area (Å²) in [7, 11) is 0. The summed E-state index contributed by atoms with van der Waals surface area (Å²) >= 11 is 0. The fourth-order valence-corrected chi connectivity index (χ4v) is 3.03. The molecule has 0 aromatic heterocycles. The lowest BCUT2D eigenvalue weighted by Gasteiger charge is -2.27. The van der Waals surface area contributed by atoms with E-state index >= 15 is 0 Å². The molecule has 4 heteroatoms. The lowest BCUT2D eigenvalue weighted by Crippen LogP contribution is -2.38. The van der Waals surface area contributed by atoms with Gasteiger partial charge in [0.25, 0.3) is 0 Å². The van der Waals surface area contributed by atoms with E-state index in [0.29, 0.717) is 19.4 Å². The summed E-state index contributed by atoms with van der Waals surface area (Å²) in [5, 5.41) is 9.41. The van der Waals surface area contributed by atoms with Crippen molar-refractivity contribution in [2.45, 2.75) is 39.2 Å². The molecule has 0 radical (unpaired) electrons. The molecule has 20 heavy (non-hydrogen) atoms. The van der Waals surface area contributed by atoms with Gasteiger partial charge in [-0.25, -0.2) is 4.39 Å². The predicted octanol–water partition coefficient (Wildman–Crippen LogP) is 2.94. The van der Waals surface area contributed by atoms with E-state index in [0.717, 1.165) is 18.5 Å². The van der Waals surface area contributed by atoms with Crippen molar-refractivity contribution in [1.29, 1.82) is 0 Å². The first-order chi connectivity index (χ1) is 9.47. The van der Waals surface area contributed by atoms with Gasteiger partial charge in [0.15, 0.2) is 0 Å². The quantitative estimate of drug-likeness (QED) is 0.901. The predicted molar refractivity (Wildman–Crippen MR) is 76.1 cm³/mol. The summed E-state index contributed by atoms with van der Waals surface area (Å²) in [4.78, 5) is 13.7. The van der Waals surface area contributed by atoms with E-state index in [1.54, 1.807) is 12.1 Å². The van der Waals surface area contributed by atoms with Gasteiger partial charge in [0.2, 0.25) is 0 Å². The van der Waals surface area contributed by atoms with Crippen molar-refractivity contribution in [2.75, 3.05) is 13.1 Å². The molecule has 0 aliphatic carbocycles. The molecule has 0 saturated carbocycles. The van der Waals surface area contributed by atoms with Gasteiger partial charge in [-0.05, 0) is 50.4 Å². The van der Waals surface area contributed by atoms with Crippen molar-refractivity contribution in [3.05, 3.63) is 35.6 Å². The second-order valence-electron chi connectivity index (χ2n) is 5.84. The third-order valence-electron chi connectivity index (χ3n) is 4.56. The molecule has 1 aliphatic heterocycles. The Hall–Kier alpha value is -1.42. The number of carbonyl (C=O) groups is 1. The average molecular weight is 279 g/mol. The van der Waals surface area contributed by atoms with Gasteiger partial charge in [0.05, 0.1) is 5.41 Å². The number of benzene rings is 1. The molecular formula is C16H22FNO2. The number of halogens is 1. The zero-order chi connectivity index (χ0) is 14.8. The number of carboxylic acid groups (broad SMARTS) is 1. The number of aliphatic carboxylic acids is 1. The lowest BCUT2D eigenvalue weighted by molar-refractivity contribution is -0.148. The van der Waals surface area contributed by atoms with Crippen LogP contribution in [0.1, 0.15) is 32.3 Å². The number of hydrogen-bond acceptors (Lipinski definition) is 2. The van der Waals surface area contributed by atoms with Crippen LogP contribution in [0.15, 0.2) is 24.3 Å². The number of likely N-dealkylation sites (tertiary alicyclic amines) is 1. The van der Waals surface area contributed by atoms with E-state index in [1.807, 2.05) is 13.0 Å². The molecule has 1 aromatic rings.